The summed E-state index contributed by atoms with van der Waals surface area (Å²) in [7, 11) is 0. The van der Waals surface area contributed by atoms with Gasteiger partial charge in [-0.2, -0.15) is 0 Å². The number of ether oxygens (including phenoxy) is 1. The Morgan fingerprint density at radius 3 is 2.92 bits per heavy atom. The van der Waals surface area contributed by atoms with Gasteiger partial charge in [0.15, 0.2) is 0 Å². The van der Waals surface area contributed by atoms with Crippen LogP contribution in [0.4, 0.5) is 5.69 Å². The number of oxime groups is 1. The van der Waals surface area contributed by atoms with E-state index in [1.54, 1.807) is 24.4 Å². The van der Waals surface area contributed by atoms with Gasteiger partial charge in [-0.3, -0.25) is 4.79 Å². The molecule has 1 N–H and O–H groups in total. The molecule has 0 spiro atoms. The number of rotatable bonds is 5. The maximum absolute atomic E-state index is 12.5. The first-order valence-electron chi connectivity index (χ1n) is 8.11. The number of carbonyl (C=O) groups excluding carboxylic acids is 1. The molecular weight excluding hydrogens is 360 g/mol. The molecule has 0 aromatic heterocycles. The van der Waals surface area contributed by atoms with Gasteiger partial charge in [0, 0.05) is 28.4 Å². The average molecular weight is 383 g/mol. The van der Waals surface area contributed by atoms with Gasteiger partial charge < -0.3 is 14.9 Å². The average Bonchev–Trinajstić information content (AvgIpc) is 2.56. The third kappa shape index (κ3) is 5.97. The second-order valence-corrected chi connectivity index (χ2v) is 7.94. The highest BCUT2D eigenvalue weighted by molar-refractivity contribution is 8.04. The molecule has 25 heavy (non-hydrogen) atoms. The van der Waals surface area contributed by atoms with E-state index in [-0.39, 0.29) is 11.5 Å². The third-order valence-electron chi connectivity index (χ3n) is 3.16. The molecule has 7 heteroatoms. The SMILES string of the molecule is CCC1=C(C(=O)Nc2ccc(Cl)c(/C=N/OC(C)(C)C)c2)SCCO1. The van der Waals surface area contributed by atoms with Crippen molar-refractivity contribution >= 4 is 41.2 Å². The van der Waals surface area contributed by atoms with Crippen LogP contribution in [0.25, 0.3) is 0 Å². The summed E-state index contributed by atoms with van der Waals surface area (Å²) in [6.45, 7) is 8.34. The van der Waals surface area contributed by atoms with Crippen molar-refractivity contribution in [2.45, 2.75) is 39.7 Å². The molecule has 1 aromatic rings. The standard InChI is InChI=1S/C18H23ClN2O3S/c1-5-15-16(25-9-8-23-15)17(22)21-13-6-7-14(19)12(10-13)11-20-24-18(2,3)4/h6-7,10-11H,5,8-9H2,1-4H3,(H,21,22)/b20-11+. The number of amides is 1. The zero-order valence-electron chi connectivity index (χ0n) is 14.9. The maximum atomic E-state index is 12.5. The molecule has 1 aliphatic heterocycles. The second-order valence-electron chi connectivity index (χ2n) is 6.43. The predicted octanol–water partition coefficient (Wildman–Crippen LogP) is 4.81. The van der Waals surface area contributed by atoms with E-state index in [0.29, 0.717) is 34.2 Å². The molecule has 1 aromatic carbocycles. The Kier molecular flexibility index (Phi) is 6.79. The van der Waals surface area contributed by atoms with Gasteiger partial charge >= 0.3 is 0 Å². The Hall–Kier alpha value is -1.66. The highest BCUT2D eigenvalue weighted by Crippen LogP contribution is 2.29. The third-order valence-corrected chi connectivity index (χ3v) is 4.58. The van der Waals surface area contributed by atoms with Gasteiger partial charge in [0.1, 0.15) is 16.3 Å². The fraction of sp³-hybridized carbons (Fsp3) is 0.444. The molecule has 0 fully saturated rings. The molecule has 0 saturated heterocycles. The van der Waals surface area contributed by atoms with Crippen LogP contribution >= 0.6 is 23.4 Å². The summed E-state index contributed by atoms with van der Waals surface area (Å²) in [5.41, 5.74) is 0.928. The molecule has 0 aliphatic carbocycles. The van der Waals surface area contributed by atoms with Crippen LogP contribution in [-0.2, 0) is 14.4 Å². The van der Waals surface area contributed by atoms with Gasteiger partial charge in [-0.1, -0.05) is 23.7 Å². The van der Waals surface area contributed by atoms with Gasteiger partial charge in [0.2, 0.25) is 0 Å². The lowest BCUT2D eigenvalue weighted by atomic mass is 10.2. The van der Waals surface area contributed by atoms with Crippen molar-refractivity contribution < 1.29 is 14.4 Å². The number of hydrogen-bond donors (Lipinski definition) is 1. The summed E-state index contributed by atoms with van der Waals surface area (Å²) in [5.74, 6) is 1.34. The first-order chi connectivity index (χ1) is 11.8. The summed E-state index contributed by atoms with van der Waals surface area (Å²) >= 11 is 7.70. The first-order valence-corrected chi connectivity index (χ1v) is 9.47. The molecule has 1 aliphatic rings. The minimum absolute atomic E-state index is 0.169. The Labute approximate surface area is 157 Å². The number of nitrogens with zero attached hydrogens (tertiary/aromatic N) is 1. The van der Waals surface area contributed by atoms with Crippen molar-refractivity contribution in [1.82, 2.24) is 0 Å². The summed E-state index contributed by atoms with van der Waals surface area (Å²) in [6.07, 6.45) is 2.23. The number of nitrogens with one attached hydrogen (secondary N) is 1. The van der Waals surface area contributed by atoms with Crippen LogP contribution < -0.4 is 5.32 Å². The van der Waals surface area contributed by atoms with E-state index in [4.69, 9.17) is 21.2 Å². The molecule has 136 valence electrons. The fourth-order valence-electron chi connectivity index (χ4n) is 2.06. The molecule has 0 unspecified atom stereocenters. The highest BCUT2D eigenvalue weighted by atomic mass is 35.5. The zero-order chi connectivity index (χ0) is 18.4. The number of thioether (sulfide) groups is 1. The van der Waals surface area contributed by atoms with Crippen LogP contribution in [0.1, 0.15) is 39.7 Å². The quantitative estimate of drug-likeness (QED) is 0.586. The summed E-state index contributed by atoms with van der Waals surface area (Å²) in [5, 5.41) is 7.38. The molecule has 0 atom stereocenters. The van der Waals surface area contributed by atoms with Gasteiger partial charge in [0.25, 0.3) is 5.91 Å². The van der Waals surface area contributed by atoms with Gasteiger partial charge in [-0.15, -0.1) is 11.8 Å². The lowest BCUT2D eigenvalue weighted by molar-refractivity contribution is -0.112. The number of anilines is 1. The highest BCUT2D eigenvalue weighted by Gasteiger charge is 2.20. The lowest BCUT2D eigenvalue weighted by Crippen LogP contribution is -2.19. The van der Waals surface area contributed by atoms with E-state index < -0.39 is 0 Å². The Bertz CT molecular complexity index is 696. The number of halogens is 1. The number of carbonyl (C=O) groups is 1. The van der Waals surface area contributed by atoms with E-state index in [1.165, 1.54) is 11.8 Å². The smallest absolute Gasteiger partial charge is 0.265 e. The molecule has 2 rings (SSSR count). The van der Waals surface area contributed by atoms with Crippen LogP contribution in [0.5, 0.6) is 0 Å². The van der Waals surface area contributed by atoms with Crippen molar-refractivity contribution in [3.8, 4) is 0 Å². The Morgan fingerprint density at radius 2 is 2.24 bits per heavy atom. The normalized spacial score (nSPS) is 15.2. The molecule has 1 amide bonds. The molecule has 0 bridgehead atoms. The van der Waals surface area contributed by atoms with E-state index >= 15 is 0 Å². The van der Waals surface area contributed by atoms with Crippen LogP contribution in [0, 0.1) is 0 Å². The molecule has 0 saturated carbocycles. The lowest BCUT2D eigenvalue weighted by Gasteiger charge is -2.19. The van der Waals surface area contributed by atoms with Crippen LogP contribution in [-0.4, -0.2) is 30.1 Å². The van der Waals surface area contributed by atoms with Crippen LogP contribution in [0.15, 0.2) is 34.0 Å². The topological polar surface area (TPSA) is 59.9 Å². The van der Waals surface area contributed by atoms with Crippen molar-refractivity contribution in [3.05, 3.63) is 39.4 Å². The van der Waals surface area contributed by atoms with Gasteiger partial charge in [-0.05, 0) is 39.0 Å². The Balaban J connectivity index is 2.14. The second kappa shape index (κ2) is 8.63. The zero-order valence-corrected chi connectivity index (χ0v) is 16.5. The van der Waals surface area contributed by atoms with Crippen molar-refractivity contribution in [2.75, 3.05) is 17.7 Å². The number of benzene rings is 1. The summed E-state index contributed by atoms with van der Waals surface area (Å²) < 4.78 is 5.57. The van der Waals surface area contributed by atoms with Crippen LogP contribution in [0.3, 0.4) is 0 Å². The van der Waals surface area contributed by atoms with E-state index in [1.807, 2.05) is 27.7 Å². The monoisotopic (exact) mass is 382 g/mol. The van der Waals surface area contributed by atoms with Crippen molar-refractivity contribution in [2.24, 2.45) is 5.16 Å². The van der Waals surface area contributed by atoms with Crippen molar-refractivity contribution in [1.29, 1.82) is 0 Å². The van der Waals surface area contributed by atoms with E-state index in [0.717, 1.165) is 11.5 Å². The van der Waals surface area contributed by atoms with Gasteiger partial charge in [0.05, 0.1) is 12.8 Å². The minimum Gasteiger partial charge on any atom is -0.496 e. The molecule has 0 radical (unpaired) electrons. The van der Waals surface area contributed by atoms with E-state index in [9.17, 15) is 4.79 Å². The fourth-order valence-corrected chi connectivity index (χ4v) is 3.14. The van der Waals surface area contributed by atoms with Crippen LogP contribution in [0.2, 0.25) is 5.02 Å². The largest absolute Gasteiger partial charge is 0.496 e. The summed E-state index contributed by atoms with van der Waals surface area (Å²) in [4.78, 5) is 18.5. The predicted molar refractivity (Wildman–Crippen MR) is 104 cm³/mol. The molecule has 5 nitrogen and oxygen atoms in total. The Morgan fingerprint density at radius 1 is 1.48 bits per heavy atom. The molecule has 1 heterocycles. The van der Waals surface area contributed by atoms with Gasteiger partial charge in [-0.25, -0.2) is 0 Å². The molecular formula is C18H23ClN2O3S. The minimum atomic E-state index is -0.379. The van der Waals surface area contributed by atoms with Crippen molar-refractivity contribution in [3.63, 3.8) is 0 Å². The van der Waals surface area contributed by atoms with E-state index in [2.05, 4.69) is 10.5 Å². The number of allylic oxidation sites excluding steroid dienone is 1. The summed E-state index contributed by atoms with van der Waals surface area (Å²) in [6, 6.07) is 5.23. The first kappa shape index (κ1) is 19.7. The number of hydrogen-bond acceptors (Lipinski definition) is 5. The maximum Gasteiger partial charge on any atom is 0.265 e.